The van der Waals surface area contributed by atoms with Crippen molar-refractivity contribution >= 4 is 23.4 Å². The van der Waals surface area contributed by atoms with E-state index in [1.165, 1.54) is 0 Å². The topological polar surface area (TPSA) is 43.4 Å². The Labute approximate surface area is 98.4 Å². The van der Waals surface area contributed by atoms with Gasteiger partial charge in [0, 0.05) is 24.3 Å². The number of ketones is 1. The van der Waals surface area contributed by atoms with Crippen molar-refractivity contribution in [1.29, 1.82) is 0 Å². The number of Topliss-reactive ketones (excluding diaryl/α,β-unsaturated/α-hetero) is 1. The van der Waals surface area contributed by atoms with Crippen molar-refractivity contribution in [2.75, 3.05) is 0 Å². The molecule has 1 heterocycles. The van der Waals surface area contributed by atoms with Gasteiger partial charge < -0.3 is 4.74 Å². The predicted molar refractivity (Wildman–Crippen MR) is 59.3 cm³/mol. The molecular formula is C12H11ClO3. The summed E-state index contributed by atoms with van der Waals surface area (Å²) in [5, 5.41) is 0.642. The van der Waals surface area contributed by atoms with E-state index in [2.05, 4.69) is 0 Å². The highest BCUT2D eigenvalue weighted by molar-refractivity contribution is 6.30. The first-order chi connectivity index (χ1) is 7.65. The average Bonchev–Trinajstić information content (AvgIpc) is 2.68. The minimum absolute atomic E-state index is 0.0480. The summed E-state index contributed by atoms with van der Waals surface area (Å²) in [6.07, 6.45) is 0.584. The van der Waals surface area contributed by atoms with E-state index in [-0.39, 0.29) is 18.2 Å². The van der Waals surface area contributed by atoms with Gasteiger partial charge in [0.05, 0.1) is 0 Å². The zero-order valence-corrected chi connectivity index (χ0v) is 9.37. The van der Waals surface area contributed by atoms with Gasteiger partial charge in [0.25, 0.3) is 0 Å². The SMILES string of the molecule is O=C1CCC(C(=O)Cc2ccc(Cl)cc2)O1. The van der Waals surface area contributed by atoms with Crippen molar-refractivity contribution in [2.24, 2.45) is 0 Å². The second-order valence-electron chi connectivity index (χ2n) is 3.79. The first-order valence-corrected chi connectivity index (χ1v) is 5.49. The third-order valence-corrected chi connectivity index (χ3v) is 2.79. The molecule has 4 heteroatoms. The van der Waals surface area contributed by atoms with Crippen LogP contribution in [0, 0.1) is 0 Å². The van der Waals surface area contributed by atoms with Crippen LogP contribution in [0.1, 0.15) is 18.4 Å². The highest BCUT2D eigenvalue weighted by atomic mass is 35.5. The molecule has 1 fully saturated rings. The molecular weight excluding hydrogens is 228 g/mol. The van der Waals surface area contributed by atoms with Gasteiger partial charge in [-0.15, -0.1) is 0 Å². The van der Waals surface area contributed by atoms with Crippen LogP contribution < -0.4 is 0 Å². The van der Waals surface area contributed by atoms with Crippen molar-refractivity contribution in [3.05, 3.63) is 34.9 Å². The number of rotatable bonds is 3. The lowest BCUT2D eigenvalue weighted by Gasteiger charge is -2.07. The Morgan fingerprint density at radius 2 is 2.06 bits per heavy atom. The molecule has 0 saturated carbocycles. The van der Waals surface area contributed by atoms with Crippen LogP contribution in [0.4, 0.5) is 0 Å². The molecule has 1 aliphatic heterocycles. The lowest BCUT2D eigenvalue weighted by atomic mass is 10.0. The second-order valence-corrected chi connectivity index (χ2v) is 4.22. The third kappa shape index (κ3) is 2.61. The Morgan fingerprint density at radius 3 is 2.62 bits per heavy atom. The minimum atomic E-state index is -0.553. The Bertz CT molecular complexity index is 411. The van der Waals surface area contributed by atoms with E-state index >= 15 is 0 Å². The van der Waals surface area contributed by atoms with Crippen molar-refractivity contribution < 1.29 is 14.3 Å². The van der Waals surface area contributed by atoms with Gasteiger partial charge in [-0.05, 0) is 17.7 Å². The number of cyclic esters (lactones) is 1. The minimum Gasteiger partial charge on any atom is -0.454 e. The van der Waals surface area contributed by atoms with Crippen molar-refractivity contribution in [3.63, 3.8) is 0 Å². The van der Waals surface area contributed by atoms with E-state index in [1.54, 1.807) is 24.3 Å². The summed E-state index contributed by atoms with van der Waals surface area (Å²) in [7, 11) is 0. The molecule has 1 atom stereocenters. The number of carbonyl (C=O) groups excluding carboxylic acids is 2. The first-order valence-electron chi connectivity index (χ1n) is 5.12. The summed E-state index contributed by atoms with van der Waals surface area (Å²) in [6, 6.07) is 7.09. The van der Waals surface area contributed by atoms with Gasteiger partial charge >= 0.3 is 5.97 Å². The molecule has 1 aliphatic rings. The summed E-state index contributed by atoms with van der Waals surface area (Å²) >= 11 is 5.74. The molecule has 0 radical (unpaired) electrons. The molecule has 0 amide bonds. The predicted octanol–water partition coefficient (Wildman–Crippen LogP) is 2.16. The van der Waals surface area contributed by atoms with Crippen LogP contribution in [0.25, 0.3) is 0 Å². The van der Waals surface area contributed by atoms with Crippen LogP contribution in [0.3, 0.4) is 0 Å². The molecule has 2 rings (SSSR count). The highest BCUT2D eigenvalue weighted by Gasteiger charge is 2.29. The smallest absolute Gasteiger partial charge is 0.306 e. The Hall–Kier alpha value is -1.35. The fourth-order valence-electron chi connectivity index (χ4n) is 1.67. The molecule has 0 spiro atoms. The number of halogens is 1. The maximum atomic E-state index is 11.7. The average molecular weight is 239 g/mol. The lowest BCUT2D eigenvalue weighted by molar-refractivity contribution is -0.147. The van der Waals surface area contributed by atoms with Gasteiger partial charge in [0.15, 0.2) is 11.9 Å². The standard InChI is InChI=1S/C12H11ClO3/c13-9-3-1-8(2-4-9)7-10(14)11-5-6-12(15)16-11/h1-4,11H,5-7H2. The number of carbonyl (C=O) groups is 2. The van der Waals surface area contributed by atoms with Crippen molar-refractivity contribution in [2.45, 2.75) is 25.4 Å². The number of ether oxygens (including phenoxy) is 1. The number of benzene rings is 1. The zero-order chi connectivity index (χ0) is 11.5. The van der Waals surface area contributed by atoms with Gasteiger partial charge in [-0.1, -0.05) is 23.7 Å². The molecule has 1 aromatic carbocycles. The van der Waals surface area contributed by atoms with Gasteiger partial charge in [-0.25, -0.2) is 0 Å². The third-order valence-electron chi connectivity index (χ3n) is 2.54. The van der Waals surface area contributed by atoms with Gasteiger partial charge in [-0.2, -0.15) is 0 Å². The molecule has 0 aliphatic carbocycles. The maximum absolute atomic E-state index is 11.7. The maximum Gasteiger partial charge on any atom is 0.306 e. The molecule has 3 nitrogen and oxygen atoms in total. The molecule has 0 aromatic heterocycles. The molecule has 1 unspecified atom stereocenters. The van der Waals surface area contributed by atoms with E-state index in [4.69, 9.17) is 16.3 Å². The van der Waals surface area contributed by atoms with Gasteiger partial charge in [0.2, 0.25) is 0 Å². The molecule has 1 aromatic rings. The largest absolute Gasteiger partial charge is 0.454 e. The molecule has 0 N–H and O–H groups in total. The van der Waals surface area contributed by atoms with E-state index in [9.17, 15) is 9.59 Å². The van der Waals surface area contributed by atoms with E-state index in [1.807, 2.05) is 0 Å². The number of esters is 1. The van der Waals surface area contributed by atoms with Gasteiger partial charge in [-0.3, -0.25) is 9.59 Å². The first kappa shape index (κ1) is 11.1. The lowest BCUT2D eigenvalue weighted by Crippen LogP contribution is -2.22. The quantitative estimate of drug-likeness (QED) is 0.758. The molecule has 1 saturated heterocycles. The number of hydrogen-bond donors (Lipinski definition) is 0. The van der Waals surface area contributed by atoms with Crippen LogP contribution in [0.5, 0.6) is 0 Å². The number of hydrogen-bond acceptors (Lipinski definition) is 3. The van der Waals surface area contributed by atoms with Gasteiger partial charge in [0.1, 0.15) is 0 Å². The summed E-state index contributed by atoms with van der Waals surface area (Å²) < 4.78 is 4.90. The summed E-state index contributed by atoms with van der Waals surface area (Å²) in [6.45, 7) is 0. The van der Waals surface area contributed by atoms with Crippen LogP contribution in [-0.2, 0) is 20.7 Å². The Balaban J connectivity index is 1.97. The monoisotopic (exact) mass is 238 g/mol. The van der Waals surface area contributed by atoms with Crippen molar-refractivity contribution in [1.82, 2.24) is 0 Å². The molecule has 0 bridgehead atoms. The highest BCUT2D eigenvalue weighted by Crippen LogP contribution is 2.17. The summed E-state index contributed by atoms with van der Waals surface area (Å²) in [5.41, 5.74) is 0.886. The van der Waals surface area contributed by atoms with E-state index in [0.717, 1.165) is 5.56 Å². The summed E-state index contributed by atoms with van der Waals surface area (Å²) in [4.78, 5) is 22.6. The van der Waals surface area contributed by atoms with E-state index in [0.29, 0.717) is 17.9 Å². The van der Waals surface area contributed by atoms with Crippen LogP contribution in [0.2, 0.25) is 5.02 Å². The summed E-state index contributed by atoms with van der Waals surface area (Å²) in [5.74, 6) is -0.331. The Morgan fingerprint density at radius 1 is 1.38 bits per heavy atom. The van der Waals surface area contributed by atoms with Crippen LogP contribution in [0.15, 0.2) is 24.3 Å². The fraction of sp³-hybridized carbons (Fsp3) is 0.333. The molecule has 84 valence electrons. The zero-order valence-electron chi connectivity index (χ0n) is 8.61. The Kier molecular flexibility index (Phi) is 3.25. The fourth-order valence-corrected chi connectivity index (χ4v) is 1.80. The van der Waals surface area contributed by atoms with Crippen LogP contribution in [-0.4, -0.2) is 17.9 Å². The van der Waals surface area contributed by atoms with E-state index < -0.39 is 6.10 Å². The second kappa shape index (κ2) is 4.66. The van der Waals surface area contributed by atoms with Crippen molar-refractivity contribution in [3.8, 4) is 0 Å². The normalized spacial score (nSPS) is 19.6. The van der Waals surface area contributed by atoms with Crippen LogP contribution >= 0.6 is 11.6 Å². The molecule has 16 heavy (non-hydrogen) atoms.